The molecule has 0 radical (unpaired) electrons. The number of hydrogen-bond acceptors (Lipinski definition) is 9. The molecule has 0 aromatic heterocycles. The summed E-state index contributed by atoms with van der Waals surface area (Å²) in [6.45, 7) is -0.0504. The minimum atomic E-state index is -4.53. The number of piperidine rings is 1. The molecule has 2 saturated carbocycles. The first-order chi connectivity index (χ1) is 22.9. The Morgan fingerprint density at radius 1 is 1.00 bits per heavy atom. The molecule has 4 aliphatic rings. The molecule has 1 unspecified atom stereocenters. The standard InChI is InChI=1S/C32H30FN5O8S2/c33-22-10-6-18(7-11-22)16-38-28-21-9-8-20(14-21)26(28)29(39)27(31(38)40)30-34-24-13-12-23(15-25(24)47(42,43)36-30)35-48(44,45)37-32(41)46-17-19-4-2-1-3-5-19/h1-7,10-13,15,20-21,26-28,35H,8-9,14,16-17H2,(H,34,36)(H,37,41)/t20-,21+,26+,27?,28-/m0/s1. The molecule has 2 heterocycles. The molecule has 1 saturated heterocycles. The van der Waals surface area contributed by atoms with Crippen LogP contribution in [0.1, 0.15) is 30.4 Å². The maximum Gasteiger partial charge on any atom is 0.422 e. The highest BCUT2D eigenvalue weighted by atomic mass is 32.2. The van der Waals surface area contributed by atoms with Crippen molar-refractivity contribution in [1.29, 1.82) is 0 Å². The van der Waals surface area contributed by atoms with Crippen molar-refractivity contribution in [3.8, 4) is 0 Å². The van der Waals surface area contributed by atoms with Crippen LogP contribution in [0.2, 0.25) is 0 Å². The van der Waals surface area contributed by atoms with Crippen molar-refractivity contribution in [3.63, 3.8) is 0 Å². The average Bonchev–Trinajstić information content (AvgIpc) is 3.66. The van der Waals surface area contributed by atoms with Gasteiger partial charge in [0.15, 0.2) is 11.7 Å². The van der Waals surface area contributed by atoms with E-state index >= 15 is 0 Å². The van der Waals surface area contributed by atoms with Crippen LogP contribution in [0, 0.1) is 29.5 Å². The Bertz CT molecular complexity index is 2060. The van der Waals surface area contributed by atoms with Crippen molar-refractivity contribution in [2.24, 2.45) is 28.1 Å². The molecule has 0 spiro atoms. The van der Waals surface area contributed by atoms with Gasteiger partial charge in [-0.2, -0.15) is 16.8 Å². The largest absolute Gasteiger partial charge is 0.444 e. The Balaban J connectivity index is 1.10. The number of ketones is 1. The van der Waals surface area contributed by atoms with E-state index in [0.717, 1.165) is 25.3 Å². The lowest BCUT2D eigenvalue weighted by Crippen LogP contribution is -2.61. The molecule has 2 amide bonds. The number of likely N-dealkylation sites (tertiary alicyclic amines) is 1. The highest BCUT2D eigenvalue weighted by molar-refractivity contribution is 7.91. The number of amidine groups is 1. The number of hydrogen-bond donors (Lipinski definition) is 3. The van der Waals surface area contributed by atoms with Crippen LogP contribution in [-0.4, -0.2) is 51.4 Å². The number of carbonyl (C=O) groups is 3. The number of rotatable bonds is 8. The van der Waals surface area contributed by atoms with E-state index in [1.807, 2.05) is 0 Å². The first kappa shape index (κ1) is 31.8. The predicted octanol–water partition coefficient (Wildman–Crippen LogP) is 3.56. The Morgan fingerprint density at radius 2 is 1.73 bits per heavy atom. The fourth-order valence-electron chi connectivity index (χ4n) is 7.37. The van der Waals surface area contributed by atoms with Gasteiger partial charge < -0.3 is 15.0 Å². The summed E-state index contributed by atoms with van der Waals surface area (Å²) in [5.74, 6) is -3.51. The molecule has 3 aromatic carbocycles. The Morgan fingerprint density at radius 3 is 2.48 bits per heavy atom. The SMILES string of the molecule is O=C(NS(=O)(=O)Nc1ccc2c(c1)S(=O)(=O)N=C(C1C(=O)[C@@H]3[C@H]4CC[C@H](C4)[C@@H]3N(Cc3ccc(F)cc3)C1=O)N2)OCc1ccccc1. The fraction of sp³-hybridized carbons (Fsp3) is 0.312. The number of fused-ring (bicyclic) bond motifs is 6. The van der Waals surface area contributed by atoms with Crippen LogP contribution >= 0.6 is 0 Å². The van der Waals surface area contributed by atoms with Crippen LogP contribution in [0.5, 0.6) is 0 Å². The van der Waals surface area contributed by atoms with Gasteiger partial charge in [0.1, 0.15) is 23.2 Å². The van der Waals surface area contributed by atoms with E-state index in [2.05, 4.69) is 14.4 Å². The number of anilines is 2. The van der Waals surface area contributed by atoms with E-state index < -0.39 is 54.8 Å². The number of sulfonamides is 1. The molecule has 16 heteroatoms. The van der Waals surface area contributed by atoms with Gasteiger partial charge in [0, 0.05) is 18.5 Å². The maximum absolute atomic E-state index is 14.1. The van der Waals surface area contributed by atoms with Gasteiger partial charge >= 0.3 is 16.3 Å². The molecule has 3 N–H and O–H groups in total. The van der Waals surface area contributed by atoms with Crippen LogP contribution in [0.4, 0.5) is 20.6 Å². The van der Waals surface area contributed by atoms with E-state index in [0.29, 0.717) is 11.1 Å². The van der Waals surface area contributed by atoms with E-state index in [4.69, 9.17) is 4.74 Å². The van der Waals surface area contributed by atoms with Crippen molar-refractivity contribution in [1.82, 2.24) is 9.62 Å². The summed E-state index contributed by atoms with van der Waals surface area (Å²) >= 11 is 0. The minimum absolute atomic E-state index is 0.0149. The second kappa shape index (κ2) is 12.0. The van der Waals surface area contributed by atoms with Crippen LogP contribution in [0.25, 0.3) is 0 Å². The van der Waals surface area contributed by atoms with Crippen molar-refractivity contribution in [2.45, 2.75) is 43.4 Å². The highest BCUT2D eigenvalue weighted by Crippen LogP contribution is 2.54. The molecule has 48 heavy (non-hydrogen) atoms. The van der Waals surface area contributed by atoms with Gasteiger partial charge in [-0.15, -0.1) is 4.40 Å². The zero-order valence-electron chi connectivity index (χ0n) is 25.2. The molecule has 2 aliphatic carbocycles. The average molecular weight is 696 g/mol. The number of amides is 2. The Kier molecular flexibility index (Phi) is 7.94. The first-order valence-corrected chi connectivity index (χ1v) is 18.2. The molecule has 5 atom stereocenters. The van der Waals surface area contributed by atoms with Crippen LogP contribution in [0.3, 0.4) is 0 Å². The van der Waals surface area contributed by atoms with Gasteiger partial charge in [-0.05, 0) is 72.6 Å². The summed E-state index contributed by atoms with van der Waals surface area (Å²) in [5, 5.41) is 2.84. The monoisotopic (exact) mass is 695 g/mol. The van der Waals surface area contributed by atoms with E-state index in [9.17, 15) is 35.6 Å². The Hall–Kier alpha value is -4.83. The third-order valence-corrected chi connectivity index (χ3v) is 11.6. The van der Waals surface area contributed by atoms with Crippen molar-refractivity contribution in [3.05, 3.63) is 89.7 Å². The maximum atomic E-state index is 14.1. The van der Waals surface area contributed by atoms with Gasteiger partial charge in [0.2, 0.25) is 5.91 Å². The highest BCUT2D eigenvalue weighted by Gasteiger charge is 2.60. The third-order valence-electron chi connectivity index (χ3n) is 9.34. The molecule has 3 fully saturated rings. The molecular weight excluding hydrogens is 666 g/mol. The number of ether oxygens (including phenoxy) is 1. The van der Waals surface area contributed by atoms with E-state index in [1.54, 1.807) is 52.1 Å². The lowest BCUT2D eigenvalue weighted by Gasteiger charge is -2.45. The minimum Gasteiger partial charge on any atom is -0.444 e. The summed E-state index contributed by atoms with van der Waals surface area (Å²) in [6, 6.07) is 17.5. The zero-order chi connectivity index (χ0) is 33.8. The summed E-state index contributed by atoms with van der Waals surface area (Å²) in [6.07, 6.45) is 1.26. The third kappa shape index (κ3) is 6.01. The van der Waals surface area contributed by atoms with Gasteiger partial charge in [0.05, 0.1) is 11.4 Å². The number of halogens is 1. The molecule has 7 rings (SSSR count). The number of benzene rings is 3. The van der Waals surface area contributed by atoms with Crippen molar-refractivity contribution >= 4 is 55.2 Å². The quantitative estimate of drug-likeness (QED) is 0.297. The summed E-state index contributed by atoms with van der Waals surface area (Å²) in [4.78, 5) is 41.3. The van der Waals surface area contributed by atoms with Crippen molar-refractivity contribution < 1.29 is 40.3 Å². The summed E-state index contributed by atoms with van der Waals surface area (Å²) in [7, 11) is -9.06. The van der Waals surface area contributed by atoms with Crippen LogP contribution < -0.4 is 14.8 Å². The smallest absolute Gasteiger partial charge is 0.422 e. The molecule has 250 valence electrons. The second-order valence-electron chi connectivity index (χ2n) is 12.3. The second-order valence-corrected chi connectivity index (χ2v) is 15.3. The van der Waals surface area contributed by atoms with Crippen molar-refractivity contribution in [2.75, 3.05) is 10.0 Å². The molecular formula is C32H30FN5O8S2. The number of Topliss-reactive ketones (excluding diaryl/α,β-unsaturated/α-hetero) is 1. The normalized spacial score (nSPS) is 25.4. The van der Waals surface area contributed by atoms with Gasteiger partial charge in [-0.25, -0.2) is 13.9 Å². The number of carbonyl (C=O) groups excluding carboxylic acids is 3. The Labute approximate surface area is 275 Å². The summed E-state index contributed by atoms with van der Waals surface area (Å²) < 4.78 is 78.2. The lowest BCUT2D eigenvalue weighted by atomic mass is 9.73. The van der Waals surface area contributed by atoms with Crippen LogP contribution in [-0.2, 0) is 47.7 Å². The summed E-state index contributed by atoms with van der Waals surface area (Å²) in [5.41, 5.74) is 1.09. The van der Waals surface area contributed by atoms with Gasteiger partial charge in [0.25, 0.3) is 10.0 Å². The number of nitrogens with one attached hydrogen (secondary N) is 3. The van der Waals surface area contributed by atoms with E-state index in [-0.39, 0.29) is 54.0 Å². The lowest BCUT2D eigenvalue weighted by molar-refractivity contribution is -0.153. The van der Waals surface area contributed by atoms with Gasteiger partial charge in [-0.1, -0.05) is 42.5 Å². The molecule has 2 aliphatic heterocycles. The van der Waals surface area contributed by atoms with Gasteiger partial charge in [-0.3, -0.25) is 14.3 Å². The van der Waals surface area contributed by atoms with E-state index in [1.165, 1.54) is 24.3 Å². The number of nitrogens with zero attached hydrogens (tertiary/aromatic N) is 2. The molecule has 3 aromatic rings. The fourth-order valence-corrected chi connectivity index (χ4v) is 9.32. The van der Waals surface area contributed by atoms with Crippen LogP contribution in [0.15, 0.2) is 82.1 Å². The molecule has 2 bridgehead atoms. The first-order valence-electron chi connectivity index (χ1n) is 15.2. The topological polar surface area (TPSA) is 180 Å². The molecule has 13 nitrogen and oxygen atoms in total. The predicted molar refractivity (Wildman–Crippen MR) is 171 cm³/mol. The zero-order valence-corrected chi connectivity index (χ0v) is 26.8.